The Balaban J connectivity index is 0.000000361. The molecule has 258 valence electrons. The maximum atomic E-state index is 13.0. The summed E-state index contributed by atoms with van der Waals surface area (Å²) in [7, 11) is 0. The van der Waals surface area contributed by atoms with E-state index in [-0.39, 0.29) is 5.56 Å². The molecule has 0 atom stereocenters. The molecule has 0 saturated heterocycles. The molecule has 0 aliphatic rings. The van der Waals surface area contributed by atoms with Crippen LogP contribution in [0.25, 0.3) is 0 Å². The van der Waals surface area contributed by atoms with E-state index < -0.39 is 119 Å². The van der Waals surface area contributed by atoms with Crippen molar-refractivity contribution in [3.63, 3.8) is 0 Å². The first kappa shape index (κ1) is 40.5. The average molecular weight is 702 g/mol. The lowest BCUT2D eigenvalue weighted by Gasteiger charge is -2.07. The van der Waals surface area contributed by atoms with Gasteiger partial charge in [0.25, 0.3) is 0 Å². The fourth-order valence-electron chi connectivity index (χ4n) is 2.84. The molecule has 0 spiro atoms. The second-order valence-corrected chi connectivity index (χ2v) is 8.30. The number of halogens is 12. The predicted molar refractivity (Wildman–Crippen MR) is 139 cm³/mol. The van der Waals surface area contributed by atoms with Gasteiger partial charge in [0.15, 0.2) is 58.2 Å². The van der Waals surface area contributed by atoms with Gasteiger partial charge in [0.1, 0.15) is 25.6 Å². The van der Waals surface area contributed by atoms with Gasteiger partial charge in [-0.05, 0) is 12.1 Å². The highest BCUT2D eigenvalue weighted by molar-refractivity contribution is 5.81. The summed E-state index contributed by atoms with van der Waals surface area (Å²) in [6.45, 7) is 6.87. The molecule has 0 heterocycles. The molecule has 3 aromatic rings. The maximum absolute atomic E-state index is 13.0. The van der Waals surface area contributed by atoms with Crippen LogP contribution in [0.4, 0.5) is 52.7 Å². The smallest absolute Gasteiger partial charge is 0.330 e. The first-order valence-electron chi connectivity index (χ1n) is 12.2. The summed E-state index contributed by atoms with van der Waals surface area (Å²) in [6.07, 6.45) is 2.35. The van der Waals surface area contributed by atoms with E-state index >= 15 is 0 Å². The molecule has 48 heavy (non-hydrogen) atoms. The molecule has 0 aromatic heterocycles. The van der Waals surface area contributed by atoms with Gasteiger partial charge in [-0.1, -0.05) is 19.7 Å². The number of ether oxygens (including phenoxy) is 3. The van der Waals surface area contributed by atoms with E-state index in [4.69, 9.17) is 0 Å². The van der Waals surface area contributed by atoms with Gasteiger partial charge in [-0.25, -0.2) is 67.1 Å². The Bertz CT molecular complexity index is 1700. The number of benzene rings is 3. The van der Waals surface area contributed by atoms with E-state index in [1.807, 2.05) is 0 Å². The van der Waals surface area contributed by atoms with E-state index in [1.165, 1.54) is 0 Å². The van der Waals surface area contributed by atoms with Gasteiger partial charge < -0.3 is 14.2 Å². The standard InChI is InChI=1S/C10H5F5O2.C10H6F4O2.C10H7F3O2/c1-2-5(16)17-3-4-6(11)8(13)10(15)9(14)7(4)12;1-2-7(15)16-4-5-3-6(11)9(13)10(14)8(5)12;1-2-9(14)15-5-6-3-7(11)4-8(12)10(6)13/h2H,1,3H2;2-3H,1,4H2;2-4H,1,5H2. The Morgan fingerprint density at radius 1 is 0.458 bits per heavy atom. The summed E-state index contributed by atoms with van der Waals surface area (Å²) in [4.78, 5) is 31.8. The highest BCUT2D eigenvalue weighted by atomic mass is 19.2. The van der Waals surface area contributed by atoms with Gasteiger partial charge in [-0.2, -0.15) is 0 Å². The third-order valence-electron chi connectivity index (χ3n) is 5.15. The number of hydrogen-bond donors (Lipinski definition) is 0. The van der Waals surface area contributed by atoms with Crippen molar-refractivity contribution in [2.75, 3.05) is 0 Å². The van der Waals surface area contributed by atoms with Crippen molar-refractivity contribution < 1.29 is 81.3 Å². The van der Waals surface area contributed by atoms with Crippen LogP contribution in [0.2, 0.25) is 0 Å². The molecule has 18 heteroatoms. The van der Waals surface area contributed by atoms with Gasteiger partial charge in [-0.3, -0.25) is 0 Å². The molecule has 3 rings (SSSR count). The van der Waals surface area contributed by atoms with Crippen LogP contribution in [-0.4, -0.2) is 17.9 Å². The SMILES string of the molecule is C=CC(=O)OCc1c(F)c(F)c(F)c(F)c1F.C=CC(=O)OCc1cc(F)c(F)c(F)c1F.C=CC(=O)OCc1cc(F)cc(F)c1F. The molecule has 0 N–H and O–H groups in total. The van der Waals surface area contributed by atoms with Crippen molar-refractivity contribution in [2.24, 2.45) is 0 Å². The number of carbonyl (C=O) groups is 3. The normalized spacial score (nSPS) is 10.0. The topological polar surface area (TPSA) is 78.9 Å². The van der Waals surface area contributed by atoms with Crippen LogP contribution in [0.5, 0.6) is 0 Å². The van der Waals surface area contributed by atoms with E-state index in [1.54, 1.807) is 0 Å². The molecule has 0 fully saturated rings. The average Bonchev–Trinajstić information content (AvgIpc) is 3.07. The zero-order chi connectivity index (χ0) is 36.9. The molecule has 3 aromatic carbocycles. The van der Waals surface area contributed by atoms with E-state index in [0.717, 1.165) is 18.2 Å². The Kier molecular flexibility index (Phi) is 15.6. The van der Waals surface area contributed by atoms with Crippen LogP contribution in [0.3, 0.4) is 0 Å². The first-order chi connectivity index (χ1) is 22.4. The van der Waals surface area contributed by atoms with Gasteiger partial charge in [0.05, 0.1) is 5.56 Å². The minimum Gasteiger partial charge on any atom is -0.458 e. The molecule has 6 nitrogen and oxygen atoms in total. The zero-order valence-corrected chi connectivity index (χ0v) is 23.7. The lowest BCUT2D eigenvalue weighted by molar-refractivity contribution is -0.140. The quantitative estimate of drug-likeness (QED) is 0.0577. The lowest BCUT2D eigenvalue weighted by atomic mass is 10.2. The maximum Gasteiger partial charge on any atom is 0.330 e. The Labute approximate surface area is 262 Å². The molecular formula is C30H18F12O6. The summed E-state index contributed by atoms with van der Waals surface area (Å²) in [5.41, 5.74) is -2.16. The van der Waals surface area contributed by atoms with Crippen molar-refractivity contribution in [1.82, 2.24) is 0 Å². The molecule has 0 amide bonds. The van der Waals surface area contributed by atoms with Crippen LogP contribution >= 0.6 is 0 Å². The van der Waals surface area contributed by atoms with Gasteiger partial charge in [0, 0.05) is 35.4 Å². The van der Waals surface area contributed by atoms with E-state index in [2.05, 4.69) is 33.9 Å². The molecule has 0 radical (unpaired) electrons. The third kappa shape index (κ3) is 11.1. The van der Waals surface area contributed by atoms with Crippen LogP contribution in [0, 0.1) is 69.8 Å². The summed E-state index contributed by atoms with van der Waals surface area (Å²) < 4.78 is 166. The summed E-state index contributed by atoms with van der Waals surface area (Å²) in [5.74, 6) is -23.7. The van der Waals surface area contributed by atoms with E-state index in [9.17, 15) is 67.1 Å². The van der Waals surface area contributed by atoms with Crippen LogP contribution in [0.15, 0.2) is 56.2 Å². The Morgan fingerprint density at radius 3 is 1.25 bits per heavy atom. The summed E-state index contributed by atoms with van der Waals surface area (Å²) >= 11 is 0. The van der Waals surface area contributed by atoms with Crippen LogP contribution in [0.1, 0.15) is 16.7 Å². The Hall–Kier alpha value is -5.55. The van der Waals surface area contributed by atoms with Crippen LogP contribution in [-0.2, 0) is 48.4 Å². The minimum absolute atomic E-state index is 0.359. The number of hydrogen-bond acceptors (Lipinski definition) is 6. The van der Waals surface area contributed by atoms with Crippen LogP contribution < -0.4 is 0 Å². The third-order valence-corrected chi connectivity index (χ3v) is 5.15. The first-order valence-corrected chi connectivity index (χ1v) is 12.2. The number of rotatable bonds is 9. The van der Waals surface area contributed by atoms with Crippen molar-refractivity contribution in [3.8, 4) is 0 Å². The minimum atomic E-state index is -2.27. The molecule has 0 bridgehead atoms. The lowest BCUT2D eigenvalue weighted by Crippen LogP contribution is -2.10. The molecule has 0 saturated carbocycles. The fraction of sp³-hybridized carbons (Fsp3) is 0.100. The van der Waals surface area contributed by atoms with Crippen molar-refractivity contribution in [3.05, 3.63) is 143 Å². The second kappa shape index (κ2) is 18.6. The predicted octanol–water partition coefficient (Wildman–Crippen LogP) is 7.42. The highest BCUT2D eigenvalue weighted by Crippen LogP contribution is 2.24. The second-order valence-electron chi connectivity index (χ2n) is 8.30. The Morgan fingerprint density at radius 2 is 0.812 bits per heavy atom. The monoisotopic (exact) mass is 702 g/mol. The number of esters is 3. The van der Waals surface area contributed by atoms with E-state index in [0.29, 0.717) is 18.2 Å². The number of carbonyl (C=O) groups excluding carboxylic acids is 3. The molecule has 0 unspecified atom stereocenters. The van der Waals surface area contributed by atoms with Crippen molar-refractivity contribution in [1.29, 1.82) is 0 Å². The van der Waals surface area contributed by atoms with Gasteiger partial charge >= 0.3 is 17.9 Å². The van der Waals surface area contributed by atoms with Gasteiger partial charge in [-0.15, -0.1) is 0 Å². The van der Waals surface area contributed by atoms with Crippen molar-refractivity contribution in [2.45, 2.75) is 19.8 Å². The summed E-state index contributed by atoms with van der Waals surface area (Å²) in [6, 6.07) is 1.59. The molecular weight excluding hydrogens is 684 g/mol. The summed E-state index contributed by atoms with van der Waals surface area (Å²) in [5, 5.41) is 0. The molecule has 0 aliphatic carbocycles. The molecule has 0 aliphatic heterocycles. The fourth-order valence-corrected chi connectivity index (χ4v) is 2.84. The van der Waals surface area contributed by atoms with Gasteiger partial charge in [0.2, 0.25) is 5.82 Å². The highest BCUT2D eigenvalue weighted by Gasteiger charge is 2.26. The zero-order valence-electron chi connectivity index (χ0n) is 23.7. The largest absolute Gasteiger partial charge is 0.458 e. The van der Waals surface area contributed by atoms with Crippen molar-refractivity contribution >= 4 is 17.9 Å².